The summed E-state index contributed by atoms with van der Waals surface area (Å²) in [6.45, 7) is 5.22. The summed E-state index contributed by atoms with van der Waals surface area (Å²) < 4.78 is 6.45. The van der Waals surface area contributed by atoms with Crippen LogP contribution in [0, 0.1) is 6.92 Å². The van der Waals surface area contributed by atoms with Gasteiger partial charge in [-0.25, -0.2) is 9.78 Å². The van der Waals surface area contributed by atoms with Crippen molar-refractivity contribution in [3.05, 3.63) is 57.0 Å². The van der Waals surface area contributed by atoms with Crippen molar-refractivity contribution in [2.75, 3.05) is 5.75 Å². The third kappa shape index (κ3) is 3.83. The van der Waals surface area contributed by atoms with Crippen LogP contribution in [0.3, 0.4) is 0 Å². The molecule has 0 radical (unpaired) electrons. The molecule has 10 heteroatoms. The molecule has 0 amide bonds. The van der Waals surface area contributed by atoms with Crippen LogP contribution >= 0.6 is 11.8 Å². The van der Waals surface area contributed by atoms with E-state index in [4.69, 9.17) is 0 Å². The molecule has 0 aliphatic heterocycles. The van der Waals surface area contributed by atoms with Gasteiger partial charge in [-0.1, -0.05) is 35.5 Å². The fraction of sp³-hybridized carbons (Fsp3) is 0.381. The minimum Gasteiger partial charge on any atom is -0.328 e. The highest BCUT2D eigenvalue weighted by molar-refractivity contribution is 7.99. The number of hydrogen-bond acceptors (Lipinski definition) is 6. The van der Waals surface area contributed by atoms with Gasteiger partial charge in [-0.15, -0.1) is 10.2 Å². The summed E-state index contributed by atoms with van der Waals surface area (Å²) >= 11 is 1.58. The van der Waals surface area contributed by atoms with Crippen molar-refractivity contribution in [2.24, 2.45) is 14.1 Å². The van der Waals surface area contributed by atoms with E-state index in [-0.39, 0.29) is 11.2 Å². The topological polar surface area (TPSA) is 92.5 Å². The Morgan fingerprint density at radius 1 is 1.10 bits per heavy atom. The van der Waals surface area contributed by atoms with Crippen molar-refractivity contribution < 1.29 is 0 Å². The first-order chi connectivity index (χ1) is 14.9. The summed E-state index contributed by atoms with van der Waals surface area (Å²) in [5, 5.41) is 9.58. The van der Waals surface area contributed by atoms with Crippen molar-refractivity contribution >= 4 is 22.9 Å². The maximum atomic E-state index is 12.8. The van der Waals surface area contributed by atoms with Gasteiger partial charge in [0.15, 0.2) is 22.1 Å². The Morgan fingerprint density at radius 2 is 1.90 bits per heavy atom. The lowest BCUT2D eigenvalue weighted by Crippen LogP contribution is -2.39. The van der Waals surface area contributed by atoms with Gasteiger partial charge in [-0.05, 0) is 26.3 Å². The summed E-state index contributed by atoms with van der Waals surface area (Å²) in [5.41, 5.74) is 2.41. The predicted octanol–water partition coefficient (Wildman–Crippen LogP) is 2.20. The quantitative estimate of drug-likeness (QED) is 0.324. The maximum Gasteiger partial charge on any atom is 0.332 e. The van der Waals surface area contributed by atoms with E-state index in [9.17, 15) is 9.59 Å². The molecular formula is C21H25N7O2S. The first-order valence-electron chi connectivity index (χ1n) is 10.2. The number of nitrogens with zero attached hydrogens (tertiary/aromatic N) is 7. The van der Waals surface area contributed by atoms with Crippen LogP contribution in [0.5, 0.6) is 0 Å². The number of imidazole rings is 1. The minimum atomic E-state index is -0.348. The van der Waals surface area contributed by atoms with Crippen LogP contribution in [0.25, 0.3) is 22.6 Å². The molecule has 4 rings (SSSR count). The molecule has 3 aromatic heterocycles. The van der Waals surface area contributed by atoms with Gasteiger partial charge in [0.2, 0.25) is 0 Å². The van der Waals surface area contributed by atoms with Crippen LogP contribution < -0.4 is 11.2 Å². The van der Waals surface area contributed by atoms with E-state index in [0.717, 1.165) is 23.1 Å². The number of rotatable bonds is 7. The van der Waals surface area contributed by atoms with Gasteiger partial charge < -0.3 is 9.13 Å². The van der Waals surface area contributed by atoms with Crippen LogP contribution in [0.2, 0.25) is 0 Å². The molecule has 0 aliphatic carbocycles. The van der Waals surface area contributed by atoms with Gasteiger partial charge in [0, 0.05) is 38.5 Å². The monoisotopic (exact) mass is 439 g/mol. The standard InChI is InChI=1S/C21H25N7O2S/c1-5-27-17(15-9-6-8-14(2)12-15)23-24-20(27)31-11-7-10-28-19(29)16-18(22-13-25(16)3)26(4)21(28)30/h6,8-9,12-13H,5,7,10-11H2,1-4H3. The van der Waals surface area contributed by atoms with Crippen LogP contribution in [-0.4, -0.2) is 39.2 Å². The van der Waals surface area contributed by atoms with E-state index in [1.54, 1.807) is 36.8 Å². The van der Waals surface area contributed by atoms with E-state index in [1.165, 1.54) is 14.7 Å². The smallest absolute Gasteiger partial charge is 0.328 e. The highest BCUT2D eigenvalue weighted by Gasteiger charge is 2.16. The molecule has 0 spiro atoms. The number of fused-ring (bicyclic) bond motifs is 1. The Morgan fingerprint density at radius 3 is 2.65 bits per heavy atom. The number of aryl methyl sites for hydroxylation is 3. The Hall–Kier alpha value is -3.14. The molecule has 0 N–H and O–H groups in total. The van der Waals surface area contributed by atoms with E-state index in [0.29, 0.717) is 29.9 Å². The van der Waals surface area contributed by atoms with E-state index >= 15 is 0 Å². The van der Waals surface area contributed by atoms with Crippen molar-refractivity contribution in [1.29, 1.82) is 0 Å². The summed E-state index contributed by atoms with van der Waals surface area (Å²) in [5.74, 6) is 1.56. The zero-order valence-electron chi connectivity index (χ0n) is 18.1. The summed E-state index contributed by atoms with van der Waals surface area (Å²) in [6.07, 6.45) is 2.20. The SMILES string of the molecule is CCn1c(SCCCn2c(=O)c3c(ncn3C)n(C)c2=O)nnc1-c1cccc(C)c1. The summed E-state index contributed by atoms with van der Waals surface area (Å²) in [4.78, 5) is 29.6. The van der Waals surface area contributed by atoms with E-state index in [1.807, 2.05) is 12.1 Å². The average molecular weight is 440 g/mol. The van der Waals surface area contributed by atoms with Gasteiger partial charge in [0.05, 0.1) is 6.33 Å². The molecule has 4 aromatic rings. The molecule has 162 valence electrons. The third-order valence-corrected chi connectivity index (χ3v) is 6.32. The molecule has 0 unspecified atom stereocenters. The van der Waals surface area contributed by atoms with E-state index < -0.39 is 0 Å². The van der Waals surface area contributed by atoms with Crippen molar-refractivity contribution in [1.82, 2.24) is 33.4 Å². The first kappa shape index (κ1) is 21.1. The number of benzene rings is 1. The number of thioether (sulfide) groups is 1. The van der Waals surface area contributed by atoms with Gasteiger partial charge in [0.1, 0.15) is 0 Å². The van der Waals surface area contributed by atoms with Crippen LogP contribution in [0.1, 0.15) is 18.9 Å². The molecule has 9 nitrogen and oxygen atoms in total. The third-order valence-electron chi connectivity index (χ3n) is 5.27. The molecule has 31 heavy (non-hydrogen) atoms. The summed E-state index contributed by atoms with van der Waals surface area (Å²) in [6, 6.07) is 8.21. The van der Waals surface area contributed by atoms with Gasteiger partial charge in [-0.2, -0.15) is 0 Å². The average Bonchev–Trinajstić information content (AvgIpc) is 3.35. The molecule has 0 saturated heterocycles. The Balaban J connectivity index is 1.50. The molecule has 0 atom stereocenters. The maximum absolute atomic E-state index is 12.8. The van der Waals surface area contributed by atoms with Gasteiger partial charge in [-0.3, -0.25) is 13.9 Å². The molecular weight excluding hydrogens is 414 g/mol. The molecule has 0 saturated carbocycles. The first-order valence-corrected chi connectivity index (χ1v) is 11.1. The summed E-state index contributed by atoms with van der Waals surface area (Å²) in [7, 11) is 3.39. The lowest BCUT2D eigenvalue weighted by molar-refractivity contribution is 0.593. The number of aromatic nitrogens is 7. The van der Waals surface area contributed by atoms with E-state index in [2.05, 4.69) is 45.7 Å². The predicted molar refractivity (Wildman–Crippen MR) is 121 cm³/mol. The normalized spacial score (nSPS) is 11.5. The molecule has 0 fully saturated rings. The largest absolute Gasteiger partial charge is 0.332 e. The van der Waals surface area contributed by atoms with Crippen molar-refractivity contribution in [3.8, 4) is 11.4 Å². The Bertz CT molecular complexity index is 1360. The lowest BCUT2D eigenvalue weighted by atomic mass is 10.1. The Labute approximate surface area is 183 Å². The second-order valence-electron chi connectivity index (χ2n) is 7.45. The van der Waals surface area contributed by atoms with Gasteiger partial charge >= 0.3 is 5.69 Å². The zero-order valence-corrected chi connectivity index (χ0v) is 18.9. The minimum absolute atomic E-state index is 0.304. The highest BCUT2D eigenvalue weighted by atomic mass is 32.2. The van der Waals surface area contributed by atoms with Crippen LogP contribution in [0.4, 0.5) is 0 Å². The molecule has 0 bridgehead atoms. The highest BCUT2D eigenvalue weighted by Crippen LogP contribution is 2.25. The fourth-order valence-electron chi connectivity index (χ4n) is 3.66. The van der Waals surface area contributed by atoms with Gasteiger partial charge in [0.25, 0.3) is 5.56 Å². The van der Waals surface area contributed by atoms with Crippen LogP contribution in [0.15, 0.2) is 45.3 Å². The van der Waals surface area contributed by atoms with Crippen LogP contribution in [-0.2, 0) is 27.2 Å². The molecule has 1 aromatic carbocycles. The van der Waals surface area contributed by atoms with Crippen molar-refractivity contribution in [3.63, 3.8) is 0 Å². The zero-order chi connectivity index (χ0) is 22.1. The Kier molecular flexibility index (Phi) is 5.81. The molecule has 3 heterocycles. The second kappa shape index (κ2) is 8.54. The fourth-order valence-corrected chi connectivity index (χ4v) is 4.58. The second-order valence-corrected chi connectivity index (χ2v) is 8.51. The molecule has 0 aliphatic rings. The lowest BCUT2D eigenvalue weighted by Gasteiger charge is -2.09. The van der Waals surface area contributed by atoms with Crippen molar-refractivity contribution in [2.45, 2.75) is 38.5 Å². The number of hydrogen-bond donors (Lipinski definition) is 0.